The van der Waals surface area contributed by atoms with Crippen molar-refractivity contribution >= 4 is 23.7 Å². The van der Waals surface area contributed by atoms with Crippen LogP contribution in [0.15, 0.2) is 0 Å². The summed E-state index contributed by atoms with van der Waals surface area (Å²) >= 11 is 0. The van der Waals surface area contributed by atoms with E-state index < -0.39 is 11.5 Å². The number of carboxylic acids is 1. The normalized spacial score (nSPS) is 15.5. The fourth-order valence-electron chi connectivity index (χ4n) is 2.26. The van der Waals surface area contributed by atoms with Gasteiger partial charge in [0.15, 0.2) is 0 Å². The number of hydrogen-bond acceptors (Lipinski definition) is 4. The van der Waals surface area contributed by atoms with Gasteiger partial charge < -0.3 is 10.0 Å². The Morgan fingerprint density at radius 2 is 1.67 bits per heavy atom. The Hall–Kier alpha value is -1.92. The highest BCUT2D eigenvalue weighted by atomic mass is 16.4. The molecule has 118 valence electrons. The molecule has 0 atom stereocenters. The van der Waals surface area contributed by atoms with Crippen molar-refractivity contribution in [2.45, 2.75) is 52.0 Å². The molecule has 7 heteroatoms. The standard InChI is InChI=1S/C14H22N2O5/c1-14(2,3)16(9-7-13(20)21)12(19)6-8-15-10(17)4-5-11(15)18/h4-9H2,1-3H3,(H,20,21). The molecule has 1 saturated heterocycles. The molecular weight excluding hydrogens is 276 g/mol. The van der Waals surface area contributed by atoms with Crippen LogP contribution in [0.25, 0.3) is 0 Å². The molecule has 3 amide bonds. The number of amides is 3. The predicted octanol–water partition coefficient (Wildman–Crippen LogP) is 0.627. The highest BCUT2D eigenvalue weighted by molar-refractivity contribution is 6.02. The Labute approximate surface area is 123 Å². The first-order chi connectivity index (χ1) is 9.62. The van der Waals surface area contributed by atoms with E-state index in [1.807, 2.05) is 20.8 Å². The summed E-state index contributed by atoms with van der Waals surface area (Å²) in [6.07, 6.45) is 0.295. The highest BCUT2D eigenvalue weighted by Gasteiger charge is 2.31. The summed E-state index contributed by atoms with van der Waals surface area (Å²) in [5.41, 5.74) is -0.508. The number of imide groups is 1. The summed E-state index contributed by atoms with van der Waals surface area (Å²) in [7, 11) is 0. The molecule has 0 aliphatic carbocycles. The van der Waals surface area contributed by atoms with Gasteiger partial charge in [-0.2, -0.15) is 0 Å². The summed E-state index contributed by atoms with van der Waals surface area (Å²) < 4.78 is 0. The fraction of sp³-hybridized carbons (Fsp3) is 0.714. The van der Waals surface area contributed by atoms with Crippen molar-refractivity contribution in [3.8, 4) is 0 Å². The topological polar surface area (TPSA) is 95.0 Å². The molecule has 0 bridgehead atoms. The van der Waals surface area contributed by atoms with Gasteiger partial charge in [0.1, 0.15) is 0 Å². The van der Waals surface area contributed by atoms with Gasteiger partial charge in [-0.1, -0.05) is 0 Å². The van der Waals surface area contributed by atoms with Crippen molar-refractivity contribution in [2.24, 2.45) is 0 Å². The summed E-state index contributed by atoms with van der Waals surface area (Å²) in [4.78, 5) is 48.5. The van der Waals surface area contributed by atoms with E-state index in [1.54, 1.807) is 0 Å². The van der Waals surface area contributed by atoms with Crippen LogP contribution in [-0.4, -0.2) is 57.2 Å². The highest BCUT2D eigenvalue weighted by Crippen LogP contribution is 2.17. The summed E-state index contributed by atoms with van der Waals surface area (Å²) in [6, 6.07) is 0. The van der Waals surface area contributed by atoms with Crippen LogP contribution in [0.2, 0.25) is 0 Å². The lowest BCUT2D eigenvalue weighted by Gasteiger charge is -2.35. The SMILES string of the molecule is CC(C)(C)N(CCC(=O)O)C(=O)CCN1C(=O)CCC1=O. The number of hydrogen-bond donors (Lipinski definition) is 1. The third-order valence-corrected chi connectivity index (χ3v) is 3.36. The van der Waals surface area contributed by atoms with Crippen molar-refractivity contribution in [3.63, 3.8) is 0 Å². The summed E-state index contributed by atoms with van der Waals surface area (Å²) in [5.74, 6) is -1.72. The Kier molecular flexibility index (Phi) is 5.46. The smallest absolute Gasteiger partial charge is 0.305 e. The maximum Gasteiger partial charge on any atom is 0.305 e. The van der Waals surface area contributed by atoms with Gasteiger partial charge in [0, 0.05) is 37.9 Å². The Balaban J connectivity index is 2.62. The van der Waals surface area contributed by atoms with Gasteiger partial charge in [-0.15, -0.1) is 0 Å². The van der Waals surface area contributed by atoms with E-state index in [0.29, 0.717) is 0 Å². The maximum absolute atomic E-state index is 12.3. The Morgan fingerprint density at radius 1 is 1.14 bits per heavy atom. The lowest BCUT2D eigenvalue weighted by Crippen LogP contribution is -2.47. The van der Waals surface area contributed by atoms with Crippen molar-refractivity contribution in [1.82, 2.24) is 9.80 Å². The Bertz CT molecular complexity index is 437. The second-order valence-corrected chi connectivity index (χ2v) is 6.05. The molecule has 0 unspecified atom stereocenters. The van der Waals surface area contributed by atoms with Gasteiger partial charge in [-0.3, -0.25) is 24.1 Å². The minimum absolute atomic E-state index is 0.0222. The van der Waals surface area contributed by atoms with Gasteiger partial charge in [-0.25, -0.2) is 0 Å². The van der Waals surface area contributed by atoms with Crippen LogP contribution < -0.4 is 0 Å². The van der Waals surface area contributed by atoms with Crippen molar-refractivity contribution in [3.05, 3.63) is 0 Å². The summed E-state index contributed by atoms with van der Waals surface area (Å²) in [6.45, 7) is 5.63. The van der Waals surface area contributed by atoms with Crippen LogP contribution in [0.1, 0.15) is 46.5 Å². The third-order valence-electron chi connectivity index (χ3n) is 3.36. The van der Waals surface area contributed by atoms with Gasteiger partial charge in [0.2, 0.25) is 17.7 Å². The zero-order valence-corrected chi connectivity index (χ0v) is 12.7. The quantitative estimate of drug-likeness (QED) is 0.726. The van der Waals surface area contributed by atoms with E-state index in [2.05, 4.69) is 0 Å². The number of aliphatic carboxylic acids is 1. The van der Waals surface area contributed by atoms with E-state index in [-0.39, 0.29) is 56.5 Å². The van der Waals surface area contributed by atoms with Crippen LogP contribution in [-0.2, 0) is 19.2 Å². The molecular formula is C14H22N2O5. The van der Waals surface area contributed by atoms with Crippen LogP contribution in [0.3, 0.4) is 0 Å². The molecule has 1 heterocycles. The molecule has 1 N–H and O–H groups in total. The van der Waals surface area contributed by atoms with Crippen LogP contribution in [0.4, 0.5) is 0 Å². The molecule has 0 aromatic carbocycles. The van der Waals surface area contributed by atoms with E-state index in [9.17, 15) is 19.2 Å². The minimum atomic E-state index is -0.970. The van der Waals surface area contributed by atoms with Crippen molar-refractivity contribution in [2.75, 3.05) is 13.1 Å². The molecule has 0 spiro atoms. The van der Waals surface area contributed by atoms with E-state index in [0.717, 1.165) is 4.90 Å². The third kappa shape index (κ3) is 4.84. The fourth-order valence-corrected chi connectivity index (χ4v) is 2.26. The second-order valence-electron chi connectivity index (χ2n) is 6.05. The predicted molar refractivity (Wildman–Crippen MR) is 74.3 cm³/mol. The first-order valence-corrected chi connectivity index (χ1v) is 6.98. The lowest BCUT2D eigenvalue weighted by atomic mass is 10.0. The first-order valence-electron chi connectivity index (χ1n) is 6.98. The molecule has 0 aromatic heterocycles. The van der Waals surface area contributed by atoms with Gasteiger partial charge >= 0.3 is 5.97 Å². The van der Waals surface area contributed by atoms with Crippen LogP contribution in [0.5, 0.6) is 0 Å². The van der Waals surface area contributed by atoms with Crippen LogP contribution in [0, 0.1) is 0 Å². The molecule has 7 nitrogen and oxygen atoms in total. The monoisotopic (exact) mass is 298 g/mol. The van der Waals surface area contributed by atoms with Gasteiger partial charge in [0.25, 0.3) is 0 Å². The molecule has 1 aliphatic rings. The van der Waals surface area contributed by atoms with Gasteiger partial charge in [-0.05, 0) is 20.8 Å². The molecule has 1 rings (SSSR count). The zero-order valence-electron chi connectivity index (χ0n) is 12.7. The number of carboxylic acid groups (broad SMARTS) is 1. The molecule has 21 heavy (non-hydrogen) atoms. The summed E-state index contributed by atoms with van der Waals surface area (Å²) in [5, 5.41) is 8.75. The number of carbonyl (C=O) groups excluding carboxylic acids is 3. The number of rotatable bonds is 6. The number of carbonyl (C=O) groups is 4. The number of likely N-dealkylation sites (tertiary alicyclic amines) is 1. The number of nitrogens with zero attached hydrogens (tertiary/aromatic N) is 2. The molecule has 1 aliphatic heterocycles. The van der Waals surface area contributed by atoms with Crippen molar-refractivity contribution in [1.29, 1.82) is 0 Å². The molecule has 0 saturated carbocycles. The second kappa shape index (κ2) is 6.69. The van der Waals surface area contributed by atoms with E-state index in [4.69, 9.17) is 5.11 Å². The average molecular weight is 298 g/mol. The zero-order chi connectivity index (χ0) is 16.2. The lowest BCUT2D eigenvalue weighted by molar-refractivity contribution is -0.141. The van der Waals surface area contributed by atoms with Crippen molar-refractivity contribution < 1.29 is 24.3 Å². The molecule has 0 aromatic rings. The molecule has 1 fully saturated rings. The van der Waals surface area contributed by atoms with Gasteiger partial charge in [0.05, 0.1) is 6.42 Å². The van der Waals surface area contributed by atoms with E-state index in [1.165, 1.54) is 4.90 Å². The van der Waals surface area contributed by atoms with Crippen LogP contribution >= 0.6 is 0 Å². The molecule has 0 radical (unpaired) electrons. The minimum Gasteiger partial charge on any atom is -0.481 e. The first kappa shape index (κ1) is 17.1. The van der Waals surface area contributed by atoms with E-state index >= 15 is 0 Å². The maximum atomic E-state index is 12.3. The average Bonchev–Trinajstić information content (AvgIpc) is 2.64. The largest absolute Gasteiger partial charge is 0.481 e. The Morgan fingerprint density at radius 3 is 2.10 bits per heavy atom.